The molecular weight excluding hydrogens is 376 g/mol. The predicted octanol–water partition coefficient (Wildman–Crippen LogP) is 9.76. The van der Waals surface area contributed by atoms with Gasteiger partial charge in [0.25, 0.3) is 0 Å². The minimum absolute atomic E-state index is 1.00. The third-order valence-corrected chi connectivity index (χ3v) is 0. The highest BCUT2D eigenvalue weighted by Gasteiger charge is 1.36. The number of ether oxygens (including phenoxy) is 2. The van der Waals surface area contributed by atoms with Gasteiger partial charge >= 0.3 is 0 Å². The van der Waals surface area contributed by atoms with E-state index < -0.39 is 0 Å². The van der Waals surface area contributed by atoms with E-state index in [0.29, 0.717) is 0 Å². The minimum Gasteiger partial charge on any atom is -0.400 e. The number of aliphatic hydroxyl groups excluding tert-OH is 2. The molecule has 4 nitrogen and oxygen atoms in total. The molecule has 0 saturated carbocycles. The van der Waals surface area contributed by atoms with Crippen molar-refractivity contribution in [3.8, 4) is 0 Å². The minimum atomic E-state index is 1.00. The number of aliphatic hydroxyl groups is 2. The van der Waals surface area contributed by atoms with Gasteiger partial charge in [0.2, 0.25) is 0 Å². The molecule has 0 aliphatic rings. The highest BCUT2D eigenvalue weighted by atomic mass is 16.5. The lowest BCUT2D eigenvalue weighted by Gasteiger charge is -1.61. The van der Waals surface area contributed by atoms with Crippen LogP contribution in [0.2, 0.25) is 0 Å². The maximum absolute atomic E-state index is 7.00. The van der Waals surface area contributed by atoms with Gasteiger partial charge in [-0.25, -0.2) is 0 Å². The molecule has 206 valence electrons. The van der Waals surface area contributed by atoms with Crippen LogP contribution in [-0.4, -0.2) is 52.9 Å². The van der Waals surface area contributed by atoms with Crippen molar-refractivity contribution in [2.75, 3.05) is 42.7 Å². The van der Waals surface area contributed by atoms with Crippen LogP contribution in [0.3, 0.4) is 0 Å². The second kappa shape index (κ2) is 1520. The van der Waals surface area contributed by atoms with Gasteiger partial charge in [0.05, 0.1) is 0 Å². The third-order valence-electron chi connectivity index (χ3n) is 0. The first-order valence-corrected chi connectivity index (χ1v) is 12.4. The molecule has 4 heteroatoms. The van der Waals surface area contributed by atoms with E-state index in [-0.39, 0.29) is 0 Å². The summed E-state index contributed by atoms with van der Waals surface area (Å²) in [6.07, 6.45) is 2.50. The zero-order valence-electron chi connectivity index (χ0n) is 27.1. The molecule has 0 atom stereocenters. The first-order chi connectivity index (χ1) is 14.7. The van der Waals surface area contributed by atoms with E-state index in [9.17, 15) is 0 Å². The molecule has 0 aliphatic heterocycles. The van der Waals surface area contributed by atoms with Gasteiger partial charge in [-0.05, 0) is 0 Å². The summed E-state index contributed by atoms with van der Waals surface area (Å²) >= 11 is 0. The van der Waals surface area contributed by atoms with Crippen LogP contribution in [0.4, 0.5) is 0 Å². The molecule has 0 spiro atoms. The van der Waals surface area contributed by atoms with Crippen molar-refractivity contribution < 1.29 is 19.7 Å². The summed E-state index contributed by atoms with van der Waals surface area (Å²) < 4.78 is 8.50. The maximum atomic E-state index is 7.00. The van der Waals surface area contributed by atoms with Gasteiger partial charge in [0.15, 0.2) is 0 Å². The van der Waals surface area contributed by atoms with Crippen LogP contribution in [0.1, 0.15) is 137 Å². The molecule has 0 radical (unpaired) electrons. The fraction of sp³-hybridized carbons (Fsp3) is 1.00. The van der Waals surface area contributed by atoms with Gasteiger partial charge in [-0.1, -0.05) is 137 Å². The Morgan fingerprint density at radius 1 is 0.333 bits per heavy atom. The molecule has 0 amide bonds. The second-order valence-corrected chi connectivity index (χ2v) is 2.23. The summed E-state index contributed by atoms with van der Waals surface area (Å²) in [6.45, 7) is 36.5. The molecule has 0 rings (SSSR count). The standard InChI is InChI=1S/2C3H8.2C2H6O.7C2H6.2CH4O/c4*1-3-2;9*1-2/h2*3H2,1-2H3;2*1-2H3;7*1-2H3;2*2H,1H3. The van der Waals surface area contributed by atoms with Gasteiger partial charge in [-0.3, -0.25) is 0 Å². The molecule has 0 bridgehead atoms. The fourth-order valence-corrected chi connectivity index (χ4v) is 0. The van der Waals surface area contributed by atoms with Crippen LogP contribution in [-0.2, 0) is 9.47 Å². The lowest BCUT2D eigenvalue weighted by atomic mass is 10.6. The quantitative estimate of drug-likeness (QED) is 0.382. The van der Waals surface area contributed by atoms with E-state index >= 15 is 0 Å². The van der Waals surface area contributed by atoms with Gasteiger partial charge in [-0.15, -0.1) is 0 Å². The van der Waals surface area contributed by atoms with Gasteiger partial charge in [-0.2, -0.15) is 0 Å². The van der Waals surface area contributed by atoms with Crippen LogP contribution < -0.4 is 0 Å². The molecule has 0 aromatic heterocycles. The summed E-state index contributed by atoms with van der Waals surface area (Å²) in [5, 5.41) is 14.0. The zero-order chi connectivity index (χ0) is 28.8. The molecule has 0 saturated heterocycles. The molecule has 30 heavy (non-hydrogen) atoms. The van der Waals surface area contributed by atoms with E-state index in [1.165, 1.54) is 12.8 Å². The van der Waals surface area contributed by atoms with E-state index in [1.807, 2.05) is 96.9 Å². The summed E-state index contributed by atoms with van der Waals surface area (Å²) in [5.41, 5.74) is 0. The molecule has 0 heterocycles. The summed E-state index contributed by atoms with van der Waals surface area (Å²) in [4.78, 5) is 0. The molecule has 0 unspecified atom stereocenters. The molecule has 2 N–H and O–H groups in total. The van der Waals surface area contributed by atoms with Crippen LogP contribution in [0.15, 0.2) is 0 Å². The van der Waals surface area contributed by atoms with Gasteiger partial charge in [0.1, 0.15) is 0 Å². The van der Waals surface area contributed by atoms with Crippen molar-refractivity contribution in [3.05, 3.63) is 0 Å². The zero-order valence-corrected chi connectivity index (χ0v) is 27.1. The van der Waals surface area contributed by atoms with Gasteiger partial charge < -0.3 is 19.7 Å². The first-order valence-electron chi connectivity index (χ1n) is 12.4. The van der Waals surface area contributed by atoms with Crippen molar-refractivity contribution >= 4 is 0 Å². The Balaban J connectivity index is -0.00000000955. The van der Waals surface area contributed by atoms with Crippen molar-refractivity contribution in [2.45, 2.75) is 137 Å². The first kappa shape index (κ1) is 87.5. The average Bonchev–Trinajstić information content (AvgIpc) is 2.87. The summed E-state index contributed by atoms with van der Waals surface area (Å²) in [5.74, 6) is 0. The highest BCUT2D eigenvalue weighted by Crippen LogP contribution is 1.56. The van der Waals surface area contributed by atoms with Gasteiger partial charge in [0, 0.05) is 42.7 Å². The predicted molar refractivity (Wildman–Crippen MR) is 154 cm³/mol. The number of hydrogen-bond acceptors (Lipinski definition) is 4. The number of methoxy groups -OCH3 is 2. The number of hydrogen-bond donors (Lipinski definition) is 2. The van der Waals surface area contributed by atoms with E-state index in [0.717, 1.165) is 14.2 Å². The van der Waals surface area contributed by atoms with E-state index in [1.54, 1.807) is 28.4 Å². The Kier molecular flexibility index (Phi) is 4420. The second-order valence-electron chi connectivity index (χ2n) is 2.23. The maximum Gasteiger partial charge on any atom is 0.0351 e. The van der Waals surface area contributed by atoms with Crippen molar-refractivity contribution in [2.24, 2.45) is 0 Å². The highest BCUT2D eigenvalue weighted by molar-refractivity contribution is 3.92. The van der Waals surface area contributed by atoms with E-state index in [2.05, 4.69) is 37.2 Å². The van der Waals surface area contributed by atoms with Crippen molar-refractivity contribution in [3.63, 3.8) is 0 Å². The Hall–Kier alpha value is -0.160. The van der Waals surface area contributed by atoms with Crippen LogP contribution in [0, 0.1) is 0 Å². The summed E-state index contributed by atoms with van der Waals surface area (Å²) in [7, 11) is 8.50. The molecular formula is C26H78O4. The van der Waals surface area contributed by atoms with E-state index in [4.69, 9.17) is 10.2 Å². The lowest BCUT2D eigenvalue weighted by molar-refractivity contribution is 0.277. The van der Waals surface area contributed by atoms with Crippen molar-refractivity contribution in [1.29, 1.82) is 0 Å². The summed E-state index contributed by atoms with van der Waals surface area (Å²) in [6, 6.07) is 0. The number of rotatable bonds is 0. The van der Waals surface area contributed by atoms with Crippen molar-refractivity contribution in [1.82, 2.24) is 0 Å². The average molecular weight is 455 g/mol. The van der Waals surface area contributed by atoms with Crippen LogP contribution in [0.25, 0.3) is 0 Å². The largest absolute Gasteiger partial charge is 0.400 e. The topological polar surface area (TPSA) is 58.9 Å². The Morgan fingerprint density at radius 3 is 0.333 bits per heavy atom. The SMILES string of the molecule is CC.CC.CC.CC.CC.CC.CC.CCC.CCC.CO.CO.COC.COC. The Morgan fingerprint density at radius 2 is 0.333 bits per heavy atom. The molecule has 0 aromatic carbocycles. The Bertz CT molecular complexity index is 25.0. The monoisotopic (exact) mass is 455 g/mol. The molecule has 0 aliphatic carbocycles. The van der Waals surface area contributed by atoms with Crippen LogP contribution >= 0.6 is 0 Å². The van der Waals surface area contributed by atoms with Crippen LogP contribution in [0.5, 0.6) is 0 Å². The molecule has 0 fully saturated rings. The smallest absolute Gasteiger partial charge is 0.0351 e. The Labute approximate surface area is 200 Å². The normalized spacial score (nSPS) is 4.20. The fourth-order valence-electron chi connectivity index (χ4n) is 0. The molecule has 0 aromatic rings. The third kappa shape index (κ3) is 783000. The lowest BCUT2D eigenvalue weighted by Crippen LogP contribution is -1.55.